The maximum Gasteiger partial charge on any atom is 0.415 e. The number of guanidine groups is 1. The zero-order valence-electron chi connectivity index (χ0n) is 16.7. The third-order valence-corrected chi connectivity index (χ3v) is 4.38. The highest BCUT2D eigenvalue weighted by atomic mass is 127. The van der Waals surface area contributed by atoms with Gasteiger partial charge >= 0.3 is 6.09 Å². The largest absolute Gasteiger partial charge is 0.443 e. The molecule has 1 aromatic rings. The monoisotopic (exact) mass is 486 g/mol. The van der Waals surface area contributed by atoms with Crippen LogP contribution in [0.1, 0.15) is 51.2 Å². The fourth-order valence-electron chi connectivity index (χ4n) is 3.02. The van der Waals surface area contributed by atoms with Crippen LogP contribution in [0.3, 0.4) is 0 Å². The van der Waals surface area contributed by atoms with Crippen LogP contribution in [-0.2, 0) is 11.3 Å². The molecule has 2 aliphatic rings. The number of anilines is 1. The maximum absolute atomic E-state index is 12.7. The lowest BCUT2D eigenvalue weighted by molar-refractivity contribution is 0.0577. The number of ether oxygens (including phenoxy) is 1. The molecule has 0 saturated heterocycles. The lowest BCUT2D eigenvalue weighted by atomic mass is 10.1. The summed E-state index contributed by atoms with van der Waals surface area (Å²) in [5.41, 5.74) is 2.70. The normalized spacial score (nSPS) is 16.5. The molecule has 1 amide bonds. The molecule has 7 heteroatoms. The first kappa shape index (κ1) is 21.8. The lowest BCUT2D eigenvalue weighted by Crippen LogP contribution is -2.40. The number of benzene rings is 1. The third-order valence-electron chi connectivity index (χ3n) is 4.38. The summed E-state index contributed by atoms with van der Waals surface area (Å²) in [4.78, 5) is 18.9. The van der Waals surface area contributed by atoms with Crippen molar-refractivity contribution < 1.29 is 9.53 Å². The topological polar surface area (TPSA) is 66.0 Å². The van der Waals surface area contributed by atoms with E-state index in [9.17, 15) is 4.79 Å². The molecule has 150 valence electrons. The van der Waals surface area contributed by atoms with Gasteiger partial charge in [-0.25, -0.2) is 4.79 Å². The number of nitrogens with one attached hydrogen (secondary N) is 2. The second-order valence-electron chi connectivity index (χ2n) is 8.07. The average molecular weight is 486 g/mol. The molecule has 0 unspecified atom stereocenters. The maximum atomic E-state index is 12.7. The van der Waals surface area contributed by atoms with Crippen LogP contribution in [0.4, 0.5) is 10.5 Å². The van der Waals surface area contributed by atoms with E-state index in [4.69, 9.17) is 4.74 Å². The van der Waals surface area contributed by atoms with Gasteiger partial charge in [-0.15, -0.1) is 24.0 Å². The molecule has 1 aliphatic carbocycles. The van der Waals surface area contributed by atoms with Crippen molar-refractivity contribution in [1.29, 1.82) is 0 Å². The molecule has 27 heavy (non-hydrogen) atoms. The zero-order chi connectivity index (χ0) is 18.7. The van der Waals surface area contributed by atoms with Crippen molar-refractivity contribution in [3.8, 4) is 0 Å². The molecule has 3 rings (SSSR count). The molecular weight excluding hydrogens is 455 g/mol. The number of aliphatic imine (C=N–C) groups is 1. The van der Waals surface area contributed by atoms with E-state index in [1.165, 1.54) is 5.56 Å². The van der Waals surface area contributed by atoms with Gasteiger partial charge in [-0.1, -0.05) is 12.1 Å². The quantitative estimate of drug-likeness (QED) is 0.633. The van der Waals surface area contributed by atoms with Crippen molar-refractivity contribution in [1.82, 2.24) is 10.6 Å². The highest BCUT2D eigenvalue weighted by Gasteiger charge is 2.37. The second-order valence-corrected chi connectivity index (χ2v) is 8.07. The van der Waals surface area contributed by atoms with E-state index in [0.29, 0.717) is 6.54 Å². The Hall–Kier alpha value is -1.51. The van der Waals surface area contributed by atoms with Gasteiger partial charge in [0.2, 0.25) is 0 Å². The van der Waals surface area contributed by atoms with Crippen LogP contribution in [0.5, 0.6) is 0 Å². The number of hydrogen-bond acceptors (Lipinski definition) is 5. The van der Waals surface area contributed by atoms with Crippen LogP contribution in [0.15, 0.2) is 23.2 Å². The molecule has 6 nitrogen and oxygen atoms in total. The minimum absolute atomic E-state index is 0. The Bertz CT molecular complexity index is 696. The van der Waals surface area contributed by atoms with Crippen LogP contribution < -0.4 is 15.5 Å². The molecule has 0 bridgehead atoms. The van der Waals surface area contributed by atoms with E-state index >= 15 is 0 Å². The predicted octanol–water partition coefficient (Wildman–Crippen LogP) is 3.96. The molecule has 2 N–H and O–H groups in total. The number of carbonyl (C=O) groups is 1. The summed E-state index contributed by atoms with van der Waals surface area (Å²) in [6.07, 6.45) is 2.90. The Morgan fingerprint density at radius 2 is 2.11 bits per heavy atom. The highest BCUT2D eigenvalue weighted by Crippen LogP contribution is 2.35. The van der Waals surface area contributed by atoms with E-state index in [2.05, 4.69) is 34.7 Å². The fourth-order valence-corrected chi connectivity index (χ4v) is 3.02. The molecule has 0 aromatic heterocycles. The number of rotatable bonds is 4. The Balaban J connectivity index is 0.00000261. The molecule has 1 heterocycles. The summed E-state index contributed by atoms with van der Waals surface area (Å²) in [5.74, 6) is 0.867. The van der Waals surface area contributed by atoms with E-state index in [-0.39, 0.29) is 36.1 Å². The van der Waals surface area contributed by atoms with Gasteiger partial charge < -0.3 is 15.4 Å². The zero-order valence-corrected chi connectivity index (χ0v) is 19.0. The molecule has 0 spiro atoms. The summed E-state index contributed by atoms with van der Waals surface area (Å²) in [5, 5.41) is 6.60. The van der Waals surface area contributed by atoms with Gasteiger partial charge in [0, 0.05) is 25.7 Å². The van der Waals surface area contributed by atoms with Crippen molar-refractivity contribution in [3.05, 3.63) is 29.3 Å². The van der Waals surface area contributed by atoms with Gasteiger partial charge in [-0.2, -0.15) is 0 Å². The summed E-state index contributed by atoms with van der Waals surface area (Å²) >= 11 is 0. The molecule has 0 radical (unpaired) electrons. The standard InChI is InChI=1S/C20H30N4O2.HI/c1-14-12-15(13-23-18-21-10-5-11-22-18)6-9-17(14)24(16-7-8-16)19(25)26-20(2,3)4;/h6,9,12,16H,5,7-8,10-11,13H2,1-4H3,(H2,21,22,23);1H. The fraction of sp³-hybridized carbons (Fsp3) is 0.600. The van der Waals surface area contributed by atoms with Crippen LogP contribution in [0.25, 0.3) is 0 Å². The summed E-state index contributed by atoms with van der Waals surface area (Å²) in [6.45, 7) is 10.3. The molecular formula is C20H31IN4O2. The number of hydrogen-bond donors (Lipinski definition) is 2. The summed E-state index contributed by atoms with van der Waals surface area (Å²) in [7, 11) is 0. The third kappa shape index (κ3) is 6.26. The molecule has 0 atom stereocenters. The minimum atomic E-state index is -0.490. The first-order valence-corrected chi connectivity index (χ1v) is 9.47. The number of amides is 1. The van der Waals surface area contributed by atoms with Crippen LogP contribution in [0.2, 0.25) is 0 Å². The number of halogens is 1. The van der Waals surface area contributed by atoms with Gasteiger partial charge in [-0.05, 0) is 64.2 Å². The van der Waals surface area contributed by atoms with Crippen molar-refractivity contribution >= 4 is 41.7 Å². The lowest BCUT2D eigenvalue weighted by Gasteiger charge is -2.28. The molecule has 1 aromatic carbocycles. The first-order chi connectivity index (χ1) is 12.3. The Kier molecular flexibility index (Phi) is 7.36. The van der Waals surface area contributed by atoms with Gasteiger partial charge in [0.15, 0.2) is 5.96 Å². The van der Waals surface area contributed by atoms with Gasteiger partial charge in [0.1, 0.15) is 5.60 Å². The minimum Gasteiger partial charge on any atom is -0.443 e. The summed E-state index contributed by atoms with van der Waals surface area (Å²) < 4.78 is 5.62. The Labute approximate surface area is 179 Å². The predicted molar refractivity (Wildman–Crippen MR) is 120 cm³/mol. The van der Waals surface area contributed by atoms with Gasteiger partial charge in [-0.3, -0.25) is 9.89 Å². The SMILES string of the molecule is Cc1cc(CNC2=NCCCN2)ccc1N(C(=O)OC(C)(C)C)C1CC1.I. The van der Waals surface area contributed by atoms with Crippen molar-refractivity contribution in [3.63, 3.8) is 0 Å². The first-order valence-electron chi connectivity index (χ1n) is 9.47. The van der Waals surface area contributed by atoms with Crippen LogP contribution in [-0.4, -0.2) is 36.8 Å². The summed E-state index contributed by atoms with van der Waals surface area (Å²) in [6, 6.07) is 6.49. The Morgan fingerprint density at radius 1 is 1.37 bits per heavy atom. The second kappa shape index (κ2) is 9.12. The van der Waals surface area contributed by atoms with Crippen molar-refractivity contribution in [2.24, 2.45) is 4.99 Å². The van der Waals surface area contributed by atoms with Crippen molar-refractivity contribution in [2.45, 2.75) is 65.1 Å². The van der Waals surface area contributed by atoms with E-state index < -0.39 is 5.60 Å². The number of carbonyl (C=O) groups excluding carboxylic acids is 1. The average Bonchev–Trinajstić information content (AvgIpc) is 3.39. The van der Waals surface area contributed by atoms with E-state index in [0.717, 1.165) is 49.6 Å². The van der Waals surface area contributed by atoms with Gasteiger partial charge in [0.05, 0.1) is 5.69 Å². The number of nitrogens with zero attached hydrogens (tertiary/aromatic N) is 2. The molecule has 1 saturated carbocycles. The Morgan fingerprint density at radius 3 is 2.67 bits per heavy atom. The van der Waals surface area contributed by atoms with Gasteiger partial charge in [0.25, 0.3) is 0 Å². The van der Waals surface area contributed by atoms with E-state index in [1.54, 1.807) is 0 Å². The van der Waals surface area contributed by atoms with E-state index in [1.807, 2.05) is 31.7 Å². The molecule has 1 fully saturated rings. The van der Waals surface area contributed by atoms with Crippen LogP contribution in [0, 0.1) is 6.92 Å². The highest BCUT2D eigenvalue weighted by molar-refractivity contribution is 14.0. The number of aryl methyl sites for hydroxylation is 1. The molecule has 1 aliphatic heterocycles. The van der Waals surface area contributed by atoms with Crippen LogP contribution >= 0.6 is 24.0 Å². The van der Waals surface area contributed by atoms with Crippen molar-refractivity contribution in [2.75, 3.05) is 18.0 Å². The smallest absolute Gasteiger partial charge is 0.415 e.